The number of hydrogen-bond acceptors (Lipinski definition) is 7. The molecule has 0 bridgehead atoms. The molecule has 7 heteroatoms. The maximum atomic E-state index is 12.1. The van der Waals surface area contributed by atoms with Gasteiger partial charge in [-0.05, 0) is 126 Å². The molecule has 1 aromatic carbocycles. The van der Waals surface area contributed by atoms with E-state index in [1.54, 1.807) is 0 Å². The summed E-state index contributed by atoms with van der Waals surface area (Å²) in [5.74, 6) is 3.00. The predicted octanol–water partition coefficient (Wildman–Crippen LogP) is 7.98. The van der Waals surface area contributed by atoms with Gasteiger partial charge in [-0.15, -0.1) is 4.91 Å². The number of likely N-dealkylation sites (tertiary alicyclic amines) is 1. The van der Waals surface area contributed by atoms with E-state index in [1.165, 1.54) is 37.7 Å². The number of hydrogen-bond donors (Lipinski definition) is 0. The minimum Gasteiger partial charge on any atom is -0.493 e. The summed E-state index contributed by atoms with van der Waals surface area (Å²) in [6, 6.07) is 8.22. The maximum absolute atomic E-state index is 12.1. The normalized spacial score (nSPS) is 20.1. The third kappa shape index (κ3) is 14.2. The second-order valence-electron chi connectivity index (χ2n) is 11.7. The number of unbranched alkanes of at least 4 members (excludes halogenated alkanes) is 1. The number of carbonyl (C=O) groups excluding carboxylic acids is 1. The summed E-state index contributed by atoms with van der Waals surface area (Å²) in [6.45, 7) is 6.93. The van der Waals surface area contributed by atoms with Crippen LogP contribution in [0.3, 0.4) is 0 Å². The van der Waals surface area contributed by atoms with Crippen molar-refractivity contribution >= 4 is 5.97 Å². The average Bonchev–Trinajstić information content (AvgIpc) is 3.43. The minimum atomic E-state index is -0.0727. The van der Waals surface area contributed by atoms with Crippen LogP contribution in [0.5, 0.6) is 5.75 Å². The molecule has 228 valence electrons. The van der Waals surface area contributed by atoms with Crippen LogP contribution in [-0.2, 0) is 14.4 Å². The Labute approximate surface area is 247 Å². The van der Waals surface area contributed by atoms with Crippen LogP contribution in [0.1, 0.15) is 89.0 Å². The van der Waals surface area contributed by atoms with Gasteiger partial charge in [0.05, 0.1) is 13.2 Å². The van der Waals surface area contributed by atoms with Crippen molar-refractivity contribution in [1.82, 2.24) is 4.90 Å². The summed E-state index contributed by atoms with van der Waals surface area (Å²) >= 11 is 0. The first kappa shape index (κ1) is 32.8. The van der Waals surface area contributed by atoms with Gasteiger partial charge in [-0.3, -0.25) is 4.79 Å². The van der Waals surface area contributed by atoms with Gasteiger partial charge in [0, 0.05) is 13.0 Å². The molecule has 1 saturated carbocycles. The van der Waals surface area contributed by atoms with Crippen LogP contribution in [0.25, 0.3) is 0 Å². The molecule has 2 fully saturated rings. The van der Waals surface area contributed by atoms with Crippen LogP contribution in [0.2, 0.25) is 0 Å². The Balaban J connectivity index is 1.15. The van der Waals surface area contributed by atoms with Crippen LogP contribution in [0.15, 0.2) is 53.9 Å². The lowest BCUT2D eigenvalue weighted by atomic mass is 9.92. The van der Waals surface area contributed by atoms with E-state index >= 15 is 0 Å². The van der Waals surface area contributed by atoms with Gasteiger partial charge in [0.2, 0.25) is 0 Å². The molecule has 0 spiro atoms. The number of piperidine rings is 1. The van der Waals surface area contributed by atoms with Gasteiger partial charge in [0.1, 0.15) is 12.4 Å². The van der Waals surface area contributed by atoms with E-state index in [9.17, 15) is 9.70 Å². The minimum absolute atomic E-state index is 0.0727. The highest BCUT2D eigenvalue weighted by atomic mass is 16.7. The second-order valence-corrected chi connectivity index (χ2v) is 11.7. The Kier molecular flexibility index (Phi) is 16.2. The number of ether oxygens (including phenoxy) is 2. The third-order valence-electron chi connectivity index (χ3n) is 8.49. The van der Waals surface area contributed by atoms with Crippen molar-refractivity contribution in [3.05, 3.63) is 59.0 Å². The van der Waals surface area contributed by atoms with Crippen LogP contribution in [-0.4, -0.2) is 50.3 Å². The molecule has 1 aliphatic carbocycles. The zero-order valence-corrected chi connectivity index (χ0v) is 25.2. The lowest BCUT2D eigenvalue weighted by molar-refractivity contribution is -0.143. The number of nitrogens with zero attached hydrogens (tertiary/aromatic N) is 2. The summed E-state index contributed by atoms with van der Waals surface area (Å²) in [7, 11) is 0. The molecule has 1 aromatic rings. The van der Waals surface area contributed by atoms with Crippen molar-refractivity contribution in [2.45, 2.75) is 90.4 Å². The van der Waals surface area contributed by atoms with Gasteiger partial charge in [-0.2, -0.15) is 0 Å². The van der Waals surface area contributed by atoms with Crippen LogP contribution < -0.4 is 4.74 Å². The molecule has 2 aliphatic rings. The number of benzene rings is 1. The Bertz CT molecular complexity index is 925. The first-order chi connectivity index (χ1) is 20.1. The molecule has 41 heavy (non-hydrogen) atoms. The quantitative estimate of drug-likeness (QED) is 0.0522. The number of esters is 1. The summed E-state index contributed by atoms with van der Waals surface area (Å²) in [5.41, 5.74) is 1.23. The van der Waals surface area contributed by atoms with Crippen LogP contribution in [0, 0.1) is 29.6 Å². The predicted molar refractivity (Wildman–Crippen MR) is 165 cm³/mol. The van der Waals surface area contributed by atoms with Crippen molar-refractivity contribution < 1.29 is 19.1 Å². The molecule has 1 saturated heterocycles. The van der Waals surface area contributed by atoms with E-state index in [4.69, 9.17) is 9.47 Å². The molecule has 7 nitrogen and oxygen atoms in total. The molecule has 0 N–H and O–H groups in total. The van der Waals surface area contributed by atoms with E-state index < -0.39 is 0 Å². The van der Waals surface area contributed by atoms with E-state index in [1.807, 2.05) is 12.1 Å². The Morgan fingerprint density at radius 3 is 2.71 bits per heavy atom. The molecule has 0 amide bonds. The van der Waals surface area contributed by atoms with Gasteiger partial charge in [-0.1, -0.05) is 42.9 Å². The number of allylic oxidation sites excluding steroid dienone is 3. The standard InChI is InChI=1S/C34H52N2O5/c1-29-12-8-18-33(28-29)39-25-7-6-15-32-17-9-16-31(32)14-4-2-3-5-19-34(37)40-26-11-22-36-23-20-30(21-24-36)13-10-27-41-35-38/h2,4,6,8,12,15,18,28,30-32H,3,5,7,9-11,13-14,16-17,19-27H2,1H3/b4-2?,15-6+/t31-,32?/m0/s1. The molecular formula is C34H52N2O5. The second kappa shape index (κ2) is 20.2. The van der Waals surface area contributed by atoms with Crippen molar-refractivity contribution in [1.29, 1.82) is 0 Å². The Morgan fingerprint density at radius 2 is 1.88 bits per heavy atom. The number of aryl methyl sites for hydroxylation is 1. The summed E-state index contributed by atoms with van der Waals surface area (Å²) < 4.78 is 11.3. The van der Waals surface area contributed by atoms with Gasteiger partial charge in [0.25, 0.3) is 0 Å². The lowest BCUT2D eigenvalue weighted by Gasteiger charge is -2.31. The average molecular weight is 569 g/mol. The molecule has 1 unspecified atom stereocenters. The largest absolute Gasteiger partial charge is 0.493 e. The van der Waals surface area contributed by atoms with E-state index in [0.29, 0.717) is 31.5 Å². The van der Waals surface area contributed by atoms with Gasteiger partial charge in [-0.25, -0.2) is 0 Å². The molecule has 3 rings (SSSR count). The fraction of sp³-hybridized carbons (Fsp3) is 0.676. The zero-order valence-electron chi connectivity index (χ0n) is 25.2. The van der Waals surface area contributed by atoms with Crippen LogP contribution in [0.4, 0.5) is 0 Å². The smallest absolute Gasteiger partial charge is 0.305 e. The molecular weight excluding hydrogens is 516 g/mol. The topological polar surface area (TPSA) is 77.4 Å². The highest BCUT2D eigenvalue weighted by molar-refractivity contribution is 5.69. The molecule has 1 heterocycles. The van der Waals surface area contributed by atoms with Crippen molar-refractivity contribution in [2.75, 3.05) is 39.5 Å². The van der Waals surface area contributed by atoms with Gasteiger partial charge in [0.15, 0.2) is 5.34 Å². The van der Waals surface area contributed by atoms with E-state index in [0.717, 1.165) is 82.9 Å². The molecule has 2 atom stereocenters. The van der Waals surface area contributed by atoms with Crippen molar-refractivity contribution in [2.24, 2.45) is 23.1 Å². The molecule has 1 aliphatic heterocycles. The molecule has 0 aromatic heterocycles. The van der Waals surface area contributed by atoms with E-state index in [-0.39, 0.29) is 5.97 Å². The van der Waals surface area contributed by atoms with E-state index in [2.05, 4.69) is 58.4 Å². The van der Waals surface area contributed by atoms with Gasteiger partial charge < -0.3 is 19.2 Å². The zero-order chi connectivity index (χ0) is 29.0. The number of carbonyl (C=O) groups is 1. The van der Waals surface area contributed by atoms with Crippen molar-refractivity contribution in [3.63, 3.8) is 0 Å². The summed E-state index contributed by atoms with van der Waals surface area (Å²) in [6.07, 6.45) is 22.8. The van der Waals surface area contributed by atoms with Crippen LogP contribution >= 0.6 is 0 Å². The Morgan fingerprint density at radius 1 is 1.00 bits per heavy atom. The summed E-state index contributed by atoms with van der Waals surface area (Å²) in [4.78, 5) is 29.1. The highest BCUT2D eigenvalue weighted by Crippen LogP contribution is 2.35. The highest BCUT2D eigenvalue weighted by Gasteiger charge is 2.23. The monoisotopic (exact) mass is 568 g/mol. The fourth-order valence-electron chi connectivity index (χ4n) is 6.10. The van der Waals surface area contributed by atoms with Crippen molar-refractivity contribution in [3.8, 4) is 5.75 Å². The summed E-state index contributed by atoms with van der Waals surface area (Å²) in [5, 5.41) is 2.45. The fourth-order valence-corrected chi connectivity index (χ4v) is 6.10. The molecule has 0 radical (unpaired) electrons. The SMILES string of the molecule is Cc1cccc(OCC/C=C/C2CCC[C@@H]2CC=CCCCC(=O)OCCCN2CCC(CCCON=O)CC2)c1. The van der Waals surface area contributed by atoms with Gasteiger partial charge >= 0.3 is 5.97 Å². The Hall–Kier alpha value is -2.67. The maximum Gasteiger partial charge on any atom is 0.305 e. The first-order valence-corrected chi connectivity index (χ1v) is 16.0. The third-order valence-corrected chi connectivity index (χ3v) is 8.49. The lowest BCUT2D eigenvalue weighted by Crippen LogP contribution is -2.35. The first-order valence-electron chi connectivity index (χ1n) is 16.0. The number of rotatable bonds is 20.